The number of rotatable bonds is 4. The van der Waals surface area contributed by atoms with E-state index in [2.05, 4.69) is 21.2 Å². The number of methoxy groups -OCH3 is 1. The number of carbonyl (C=O) groups is 1. The van der Waals surface area contributed by atoms with Gasteiger partial charge >= 0.3 is 0 Å². The van der Waals surface area contributed by atoms with E-state index in [1.54, 1.807) is 7.11 Å². The normalized spacial score (nSPS) is 19.6. The summed E-state index contributed by atoms with van der Waals surface area (Å²) in [6.45, 7) is 2.02. The van der Waals surface area contributed by atoms with Crippen molar-refractivity contribution in [3.8, 4) is 5.75 Å². The predicted octanol–water partition coefficient (Wildman–Crippen LogP) is 1.56. The summed E-state index contributed by atoms with van der Waals surface area (Å²) in [6, 6.07) is 5.66. The van der Waals surface area contributed by atoms with Crippen LogP contribution in [-0.4, -0.2) is 38.7 Å². The zero-order valence-corrected chi connectivity index (χ0v) is 11.8. The summed E-state index contributed by atoms with van der Waals surface area (Å²) in [6.07, 6.45) is 0.0641. The highest BCUT2D eigenvalue weighted by Gasteiger charge is 2.21. The van der Waals surface area contributed by atoms with Gasteiger partial charge in [0.1, 0.15) is 11.9 Å². The summed E-state index contributed by atoms with van der Waals surface area (Å²) < 4.78 is 11.5. The van der Waals surface area contributed by atoms with Gasteiger partial charge in [0.15, 0.2) is 5.78 Å². The Morgan fingerprint density at radius 1 is 1.61 bits per heavy atom. The SMILES string of the molecule is COc1ccc(CC(=O)C2CNCCO2)cc1Br. The van der Waals surface area contributed by atoms with Crippen LogP contribution in [0, 0.1) is 0 Å². The molecule has 2 rings (SSSR count). The van der Waals surface area contributed by atoms with Gasteiger partial charge in [0, 0.05) is 19.5 Å². The van der Waals surface area contributed by atoms with E-state index in [1.165, 1.54) is 0 Å². The average Bonchev–Trinajstić information content (AvgIpc) is 2.40. The fourth-order valence-electron chi connectivity index (χ4n) is 1.91. The van der Waals surface area contributed by atoms with Gasteiger partial charge in [0.25, 0.3) is 0 Å². The van der Waals surface area contributed by atoms with Gasteiger partial charge in [-0.1, -0.05) is 6.07 Å². The molecule has 4 nitrogen and oxygen atoms in total. The molecule has 18 heavy (non-hydrogen) atoms. The minimum absolute atomic E-state index is 0.110. The first-order chi connectivity index (χ1) is 8.70. The topological polar surface area (TPSA) is 47.6 Å². The average molecular weight is 314 g/mol. The van der Waals surface area contributed by atoms with Crippen molar-refractivity contribution < 1.29 is 14.3 Å². The van der Waals surface area contributed by atoms with Gasteiger partial charge in [-0.25, -0.2) is 0 Å². The Bertz CT molecular complexity index is 430. The molecule has 0 spiro atoms. The summed E-state index contributed by atoms with van der Waals surface area (Å²) in [5.74, 6) is 0.876. The monoisotopic (exact) mass is 313 g/mol. The number of carbonyl (C=O) groups excluding carboxylic acids is 1. The number of ketones is 1. The van der Waals surface area contributed by atoms with Crippen LogP contribution in [0.4, 0.5) is 0 Å². The highest BCUT2D eigenvalue weighted by atomic mass is 79.9. The Morgan fingerprint density at radius 3 is 3.06 bits per heavy atom. The number of ether oxygens (including phenoxy) is 2. The fraction of sp³-hybridized carbons (Fsp3) is 0.462. The molecule has 98 valence electrons. The first-order valence-electron chi connectivity index (χ1n) is 5.88. The number of hydrogen-bond acceptors (Lipinski definition) is 4. The largest absolute Gasteiger partial charge is 0.496 e. The van der Waals surface area contributed by atoms with E-state index in [0.29, 0.717) is 19.6 Å². The van der Waals surface area contributed by atoms with Crippen LogP contribution in [0.15, 0.2) is 22.7 Å². The Hall–Kier alpha value is -0.910. The van der Waals surface area contributed by atoms with Gasteiger partial charge in [-0.3, -0.25) is 4.79 Å². The molecule has 5 heteroatoms. The zero-order chi connectivity index (χ0) is 13.0. The first kappa shape index (κ1) is 13.5. The molecule has 1 aliphatic rings. The molecule has 0 radical (unpaired) electrons. The Labute approximate surface area is 115 Å². The molecule has 1 heterocycles. The number of benzene rings is 1. The third-order valence-electron chi connectivity index (χ3n) is 2.88. The van der Waals surface area contributed by atoms with Crippen molar-refractivity contribution in [3.63, 3.8) is 0 Å². The Kier molecular flexibility index (Phi) is 4.74. The molecule has 1 atom stereocenters. The van der Waals surface area contributed by atoms with Gasteiger partial charge in [-0.2, -0.15) is 0 Å². The minimum atomic E-state index is -0.320. The molecule has 0 amide bonds. The van der Waals surface area contributed by atoms with Gasteiger partial charge in [0.05, 0.1) is 18.2 Å². The highest BCUT2D eigenvalue weighted by Crippen LogP contribution is 2.25. The predicted molar refractivity (Wildman–Crippen MR) is 72.0 cm³/mol. The lowest BCUT2D eigenvalue weighted by Crippen LogP contribution is -2.43. The quantitative estimate of drug-likeness (QED) is 0.916. The lowest BCUT2D eigenvalue weighted by atomic mass is 10.0. The van der Waals surface area contributed by atoms with E-state index in [4.69, 9.17) is 9.47 Å². The molecule has 1 N–H and O–H groups in total. The van der Waals surface area contributed by atoms with Crippen LogP contribution < -0.4 is 10.1 Å². The van der Waals surface area contributed by atoms with Crippen LogP contribution in [0.25, 0.3) is 0 Å². The van der Waals surface area contributed by atoms with E-state index in [9.17, 15) is 4.79 Å². The zero-order valence-electron chi connectivity index (χ0n) is 10.2. The van der Waals surface area contributed by atoms with Crippen molar-refractivity contribution in [2.75, 3.05) is 26.8 Å². The van der Waals surface area contributed by atoms with Gasteiger partial charge in [0.2, 0.25) is 0 Å². The van der Waals surface area contributed by atoms with Gasteiger partial charge in [-0.15, -0.1) is 0 Å². The summed E-state index contributed by atoms with van der Waals surface area (Å²) in [7, 11) is 1.62. The van der Waals surface area contributed by atoms with E-state index in [0.717, 1.165) is 22.3 Å². The van der Waals surface area contributed by atoms with E-state index >= 15 is 0 Å². The van der Waals surface area contributed by atoms with Crippen LogP contribution in [0.3, 0.4) is 0 Å². The molecule has 0 aliphatic carbocycles. The van der Waals surface area contributed by atoms with Crippen LogP contribution in [-0.2, 0) is 16.0 Å². The third-order valence-corrected chi connectivity index (χ3v) is 3.50. The number of halogens is 1. The number of morpholine rings is 1. The van der Waals surface area contributed by atoms with Crippen molar-refractivity contribution in [3.05, 3.63) is 28.2 Å². The summed E-state index contributed by atoms with van der Waals surface area (Å²) >= 11 is 3.41. The molecule has 0 saturated carbocycles. The fourth-order valence-corrected chi connectivity index (χ4v) is 2.50. The van der Waals surface area contributed by atoms with Crippen LogP contribution >= 0.6 is 15.9 Å². The maximum Gasteiger partial charge on any atom is 0.167 e. The summed E-state index contributed by atoms with van der Waals surface area (Å²) in [5.41, 5.74) is 0.960. The molecule has 1 aromatic carbocycles. The van der Waals surface area contributed by atoms with Crippen LogP contribution in [0.1, 0.15) is 5.56 Å². The first-order valence-corrected chi connectivity index (χ1v) is 6.67. The van der Waals surface area contributed by atoms with Crippen molar-refractivity contribution in [2.45, 2.75) is 12.5 Å². The van der Waals surface area contributed by atoms with Gasteiger partial charge in [-0.05, 0) is 33.6 Å². The van der Waals surface area contributed by atoms with Crippen LogP contribution in [0.5, 0.6) is 5.75 Å². The van der Waals surface area contributed by atoms with E-state index in [-0.39, 0.29) is 11.9 Å². The molecule has 1 unspecified atom stereocenters. The number of Topliss-reactive ketones (excluding diaryl/α,β-unsaturated/α-hetero) is 1. The molecule has 1 aliphatic heterocycles. The molecule has 1 fully saturated rings. The second-order valence-corrected chi connectivity index (χ2v) is 5.03. The highest BCUT2D eigenvalue weighted by molar-refractivity contribution is 9.10. The van der Waals surface area contributed by atoms with Crippen molar-refractivity contribution >= 4 is 21.7 Å². The molecule has 0 bridgehead atoms. The maximum absolute atomic E-state index is 12.0. The smallest absolute Gasteiger partial charge is 0.167 e. The summed E-state index contributed by atoms with van der Waals surface area (Å²) in [4.78, 5) is 12.0. The second kappa shape index (κ2) is 6.31. The maximum atomic E-state index is 12.0. The lowest BCUT2D eigenvalue weighted by molar-refractivity contribution is -0.131. The molecular weight excluding hydrogens is 298 g/mol. The van der Waals surface area contributed by atoms with Crippen LogP contribution in [0.2, 0.25) is 0 Å². The third kappa shape index (κ3) is 3.31. The number of nitrogens with one attached hydrogen (secondary N) is 1. The van der Waals surface area contributed by atoms with Gasteiger partial charge < -0.3 is 14.8 Å². The Balaban J connectivity index is 2.00. The molecule has 1 saturated heterocycles. The van der Waals surface area contributed by atoms with Crippen molar-refractivity contribution in [1.82, 2.24) is 5.32 Å². The standard InChI is InChI=1S/C13H16BrNO3/c1-17-12-3-2-9(6-10(12)14)7-11(16)13-8-15-4-5-18-13/h2-3,6,13,15H,4-5,7-8H2,1H3. The lowest BCUT2D eigenvalue weighted by Gasteiger charge is -2.22. The molecule has 1 aromatic rings. The van der Waals surface area contributed by atoms with E-state index in [1.807, 2.05) is 18.2 Å². The van der Waals surface area contributed by atoms with Crippen molar-refractivity contribution in [2.24, 2.45) is 0 Å². The number of hydrogen-bond donors (Lipinski definition) is 1. The van der Waals surface area contributed by atoms with E-state index < -0.39 is 0 Å². The summed E-state index contributed by atoms with van der Waals surface area (Å²) in [5, 5.41) is 3.16. The molecular formula is C13H16BrNO3. The van der Waals surface area contributed by atoms with Crippen molar-refractivity contribution in [1.29, 1.82) is 0 Å². The Morgan fingerprint density at radius 2 is 2.44 bits per heavy atom. The second-order valence-electron chi connectivity index (χ2n) is 4.18. The molecule has 0 aromatic heterocycles. The minimum Gasteiger partial charge on any atom is -0.496 e.